The van der Waals surface area contributed by atoms with Crippen LogP contribution in [0.3, 0.4) is 0 Å². The summed E-state index contributed by atoms with van der Waals surface area (Å²) in [5, 5.41) is 24.6. The summed E-state index contributed by atoms with van der Waals surface area (Å²) >= 11 is 6.23. The zero-order chi connectivity index (χ0) is 23.8. The van der Waals surface area contributed by atoms with E-state index in [0.717, 1.165) is 59.3 Å². The van der Waals surface area contributed by atoms with E-state index in [0.29, 0.717) is 17.2 Å². The minimum Gasteiger partial charge on any atom is -0.506 e. The summed E-state index contributed by atoms with van der Waals surface area (Å²) in [5.41, 5.74) is 4.46. The Hall–Kier alpha value is -2.63. The van der Waals surface area contributed by atoms with Gasteiger partial charge in [-0.2, -0.15) is 0 Å². The van der Waals surface area contributed by atoms with Crippen LogP contribution in [-0.2, 0) is 6.61 Å². The maximum absolute atomic E-state index is 13.2. The molecule has 2 aliphatic carbocycles. The molecule has 3 aromatic rings. The molecule has 0 radical (unpaired) electrons. The van der Waals surface area contributed by atoms with E-state index in [4.69, 9.17) is 11.6 Å². The van der Waals surface area contributed by atoms with Crippen LogP contribution in [0, 0.1) is 11.8 Å². The lowest BCUT2D eigenvalue weighted by Crippen LogP contribution is -2.27. The molecule has 5 nitrogen and oxygen atoms in total. The molecule has 2 aromatic carbocycles. The van der Waals surface area contributed by atoms with Gasteiger partial charge in [0.1, 0.15) is 5.75 Å². The smallest absolute Gasteiger partial charge is 0.169 e. The molecule has 0 saturated heterocycles. The van der Waals surface area contributed by atoms with Gasteiger partial charge >= 0.3 is 0 Å². The number of phenols is 1. The van der Waals surface area contributed by atoms with Gasteiger partial charge in [0.25, 0.3) is 0 Å². The molecule has 0 amide bonds. The predicted octanol–water partition coefficient (Wildman–Crippen LogP) is 6.73. The average Bonchev–Trinajstić information content (AvgIpc) is 3.71. The van der Waals surface area contributed by atoms with Gasteiger partial charge in [0.15, 0.2) is 5.78 Å². The summed E-state index contributed by atoms with van der Waals surface area (Å²) in [4.78, 5) is 17.8. The van der Waals surface area contributed by atoms with Gasteiger partial charge in [-0.15, -0.1) is 0 Å². The standard InChI is InChI=1S/C28H31ClN2O3/c1-2-16-3-8-21(9-4-16)31-26-22-12-18(19-11-20(15-32)28(34)24(29)13-19)7-10-25(22)30-14-23(26)27(33)17-5-6-17/h7,10-14,16-17,21,32,34H,2-6,8-9,15H2,1H3,(H,30,31). The number of carbonyl (C=O) groups is 1. The molecule has 3 N–H and O–H groups in total. The van der Waals surface area contributed by atoms with E-state index >= 15 is 0 Å². The fourth-order valence-electron chi connectivity index (χ4n) is 5.14. The number of fused-ring (bicyclic) bond motifs is 1. The second kappa shape index (κ2) is 9.55. The number of hydrogen-bond acceptors (Lipinski definition) is 5. The highest BCUT2D eigenvalue weighted by atomic mass is 35.5. The quantitative estimate of drug-likeness (QED) is 0.328. The van der Waals surface area contributed by atoms with E-state index in [1.807, 2.05) is 18.2 Å². The third-order valence-electron chi connectivity index (χ3n) is 7.50. The first-order valence-corrected chi connectivity index (χ1v) is 12.7. The first kappa shape index (κ1) is 23.1. The molecule has 2 fully saturated rings. The van der Waals surface area contributed by atoms with Crippen molar-refractivity contribution < 1.29 is 15.0 Å². The highest BCUT2D eigenvalue weighted by Gasteiger charge is 2.33. The number of carbonyl (C=O) groups excluding carboxylic acids is 1. The Kier molecular flexibility index (Phi) is 6.50. The van der Waals surface area contributed by atoms with E-state index in [1.54, 1.807) is 18.3 Å². The largest absolute Gasteiger partial charge is 0.506 e. The van der Waals surface area contributed by atoms with E-state index in [1.165, 1.54) is 19.3 Å². The number of aliphatic hydroxyl groups excluding tert-OH is 1. The highest BCUT2D eigenvalue weighted by Crippen LogP contribution is 2.40. The van der Waals surface area contributed by atoms with Crippen LogP contribution >= 0.6 is 11.6 Å². The summed E-state index contributed by atoms with van der Waals surface area (Å²) in [5.74, 6) is 0.991. The van der Waals surface area contributed by atoms with Crippen molar-refractivity contribution in [2.45, 2.75) is 64.5 Å². The molecule has 0 aliphatic heterocycles. The molecule has 2 saturated carbocycles. The SMILES string of the molecule is CCC1CCC(Nc2c(C(=O)C3CC3)cnc3ccc(-c4cc(Cl)c(O)c(CO)c4)cc23)CC1. The summed E-state index contributed by atoms with van der Waals surface area (Å²) in [6.45, 7) is 1.96. The molecule has 34 heavy (non-hydrogen) atoms. The van der Waals surface area contributed by atoms with Gasteiger partial charge in [-0.3, -0.25) is 9.78 Å². The van der Waals surface area contributed by atoms with Crippen molar-refractivity contribution in [3.8, 4) is 16.9 Å². The lowest BCUT2D eigenvalue weighted by molar-refractivity contribution is 0.0968. The van der Waals surface area contributed by atoms with Crippen LogP contribution in [0.25, 0.3) is 22.0 Å². The molecular formula is C28H31ClN2O3. The van der Waals surface area contributed by atoms with E-state index in [2.05, 4.69) is 17.2 Å². The molecule has 6 heteroatoms. The van der Waals surface area contributed by atoms with Crippen LogP contribution in [-0.4, -0.2) is 27.0 Å². The minimum atomic E-state index is -0.304. The van der Waals surface area contributed by atoms with Gasteiger partial charge < -0.3 is 15.5 Å². The maximum Gasteiger partial charge on any atom is 0.169 e. The highest BCUT2D eigenvalue weighted by molar-refractivity contribution is 6.32. The number of nitrogens with zero attached hydrogens (tertiary/aromatic N) is 1. The number of benzene rings is 2. The first-order valence-electron chi connectivity index (χ1n) is 12.3. The molecule has 0 unspecified atom stereocenters. The summed E-state index contributed by atoms with van der Waals surface area (Å²) < 4.78 is 0. The Morgan fingerprint density at radius 3 is 2.53 bits per heavy atom. The van der Waals surface area contributed by atoms with E-state index in [-0.39, 0.29) is 29.1 Å². The number of rotatable bonds is 7. The Bertz CT molecular complexity index is 1230. The van der Waals surface area contributed by atoms with Crippen molar-refractivity contribution in [2.24, 2.45) is 11.8 Å². The first-order chi connectivity index (χ1) is 16.5. The number of halogens is 1. The average molecular weight is 479 g/mol. The summed E-state index contributed by atoms with van der Waals surface area (Å²) in [6.07, 6.45) is 9.50. The molecule has 0 bridgehead atoms. The van der Waals surface area contributed by atoms with Gasteiger partial charge in [-0.25, -0.2) is 0 Å². The van der Waals surface area contributed by atoms with Crippen LogP contribution in [0.4, 0.5) is 5.69 Å². The Morgan fingerprint density at radius 2 is 1.85 bits per heavy atom. The number of Topliss-reactive ketones (excluding diaryl/α,β-unsaturated/α-hetero) is 1. The number of ketones is 1. The minimum absolute atomic E-state index is 0.0993. The fraction of sp³-hybridized carbons (Fsp3) is 0.429. The van der Waals surface area contributed by atoms with Crippen molar-refractivity contribution in [1.29, 1.82) is 0 Å². The topological polar surface area (TPSA) is 82.5 Å². The van der Waals surface area contributed by atoms with Crippen LogP contribution in [0.2, 0.25) is 5.02 Å². The van der Waals surface area contributed by atoms with Crippen molar-refractivity contribution in [2.75, 3.05) is 5.32 Å². The van der Waals surface area contributed by atoms with E-state index in [9.17, 15) is 15.0 Å². The maximum atomic E-state index is 13.2. The molecule has 2 aliphatic rings. The van der Waals surface area contributed by atoms with Crippen molar-refractivity contribution in [3.05, 3.63) is 52.7 Å². The monoisotopic (exact) mass is 478 g/mol. The molecular weight excluding hydrogens is 448 g/mol. The van der Waals surface area contributed by atoms with Gasteiger partial charge in [-0.05, 0) is 79.8 Å². The lowest BCUT2D eigenvalue weighted by atomic mass is 9.84. The summed E-state index contributed by atoms with van der Waals surface area (Å²) in [7, 11) is 0. The van der Waals surface area contributed by atoms with Gasteiger partial charge in [-0.1, -0.05) is 31.0 Å². The molecule has 1 heterocycles. The number of aromatic hydroxyl groups is 1. The number of anilines is 1. The molecule has 5 rings (SSSR count). The van der Waals surface area contributed by atoms with Crippen molar-refractivity contribution >= 4 is 34.0 Å². The van der Waals surface area contributed by atoms with Gasteiger partial charge in [0.05, 0.1) is 28.4 Å². The Labute approximate surface area is 205 Å². The third-order valence-corrected chi connectivity index (χ3v) is 7.79. The number of nitrogens with one attached hydrogen (secondary N) is 1. The van der Waals surface area contributed by atoms with Crippen LogP contribution in [0.1, 0.15) is 67.8 Å². The molecule has 0 spiro atoms. The number of aliphatic hydroxyl groups is 1. The van der Waals surface area contributed by atoms with Gasteiger partial charge in [0.2, 0.25) is 0 Å². The molecule has 1 aromatic heterocycles. The zero-order valence-corrected chi connectivity index (χ0v) is 20.2. The Balaban J connectivity index is 1.59. The second-order valence-electron chi connectivity index (χ2n) is 9.81. The lowest BCUT2D eigenvalue weighted by Gasteiger charge is -2.30. The molecule has 0 atom stereocenters. The normalized spacial score (nSPS) is 20.4. The van der Waals surface area contributed by atoms with Crippen molar-refractivity contribution in [1.82, 2.24) is 4.98 Å². The summed E-state index contributed by atoms with van der Waals surface area (Å²) in [6, 6.07) is 9.73. The van der Waals surface area contributed by atoms with Crippen LogP contribution in [0.5, 0.6) is 5.75 Å². The predicted molar refractivity (Wildman–Crippen MR) is 136 cm³/mol. The van der Waals surface area contributed by atoms with Gasteiger partial charge in [0, 0.05) is 29.1 Å². The molecule has 178 valence electrons. The van der Waals surface area contributed by atoms with Crippen LogP contribution < -0.4 is 5.32 Å². The number of pyridine rings is 1. The Morgan fingerprint density at radius 1 is 1.09 bits per heavy atom. The van der Waals surface area contributed by atoms with E-state index < -0.39 is 0 Å². The number of aromatic nitrogens is 1. The zero-order valence-electron chi connectivity index (χ0n) is 19.5. The number of hydrogen-bond donors (Lipinski definition) is 3. The van der Waals surface area contributed by atoms with Crippen LogP contribution in [0.15, 0.2) is 36.5 Å². The third kappa shape index (κ3) is 4.51. The second-order valence-corrected chi connectivity index (χ2v) is 10.2. The fourth-order valence-corrected chi connectivity index (χ4v) is 5.38. The van der Waals surface area contributed by atoms with Crippen molar-refractivity contribution in [3.63, 3.8) is 0 Å².